The number of carbonyl (C=O) groups is 2. The van der Waals surface area contributed by atoms with Gasteiger partial charge in [0.05, 0.1) is 6.54 Å². The van der Waals surface area contributed by atoms with Gasteiger partial charge in [-0.05, 0) is 59.4 Å². The maximum absolute atomic E-state index is 12.8. The van der Waals surface area contributed by atoms with E-state index in [4.69, 9.17) is 0 Å². The Morgan fingerprint density at radius 3 is 2.45 bits per heavy atom. The fourth-order valence-corrected chi connectivity index (χ4v) is 5.55. The Hall–Kier alpha value is -1.02. The van der Waals surface area contributed by atoms with E-state index in [1.54, 1.807) is 4.90 Å². The molecule has 1 aromatic rings. The summed E-state index contributed by atoms with van der Waals surface area (Å²) in [6.07, 6.45) is 5.15. The van der Waals surface area contributed by atoms with Crippen LogP contribution in [-0.4, -0.2) is 44.0 Å². The molecule has 0 aromatic carbocycles. The third-order valence-electron chi connectivity index (χ3n) is 5.74. The monoisotopic (exact) mass is 382 g/mol. The molecule has 0 atom stereocenters. The molecule has 0 N–H and O–H groups in total. The molecule has 2 heterocycles. The Morgan fingerprint density at radius 2 is 1.95 bits per heavy atom. The van der Waals surface area contributed by atoms with Gasteiger partial charge in [-0.2, -0.15) is 0 Å². The minimum atomic E-state index is -0.571. The predicted octanol–water partition coefficient (Wildman–Crippen LogP) is 2.40. The highest BCUT2D eigenvalue weighted by molar-refractivity contribution is 9.11. The zero-order valence-corrected chi connectivity index (χ0v) is 14.3. The molecule has 0 unspecified atom stereocenters. The van der Waals surface area contributed by atoms with Gasteiger partial charge in [-0.1, -0.05) is 11.3 Å². The molecule has 4 saturated carbocycles. The van der Waals surface area contributed by atoms with Crippen molar-refractivity contribution in [1.29, 1.82) is 0 Å². The highest BCUT2D eigenvalue weighted by Crippen LogP contribution is 2.65. The fourth-order valence-electron chi connectivity index (χ4n) is 4.36. The van der Waals surface area contributed by atoms with E-state index in [0.717, 1.165) is 23.8 Å². The molecule has 1 spiro atoms. The summed E-state index contributed by atoms with van der Waals surface area (Å²) in [5.74, 6) is 0.878. The van der Waals surface area contributed by atoms with Gasteiger partial charge >= 0.3 is 6.03 Å². The van der Waals surface area contributed by atoms with Crippen LogP contribution in [0.5, 0.6) is 0 Å². The molecule has 22 heavy (non-hydrogen) atoms. The van der Waals surface area contributed by atoms with E-state index in [0.29, 0.717) is 17.0 Å². The Morgan fingerprint density at radius 1 is 1.23 bits per heavy atom. The molecule has 116 valence electrons. The van der Waals surface area contributed by atoms with E-state index < -0.39 is 5.54 Å². The normalized spacial score (nSPS) is 34.1. The summed E-state index contributed by atoms with van der Waals surface area (Å²) in [6, 6.07) is -0.126. The van der Waals surface area contributed by atoms with Crippen LogP contribution in [0.2, 0.25) is 0 Å². The van der Waals surface area contributed by atoms with E-state index >= 15 is 0 Å². The van der Waals surface area contributed by atoms with Crippen molar-refractivity contribution in [3.8, 4) is 0 Å². The van der Waals surface area contributed by atoms with Crippen molar-refractivity contribution >= 4 is 39.2 Å². The first-order valence-electron chi connectivity index (χ1n) is 7.63. The lowest BCUT2D eigenvalue weighted by Crippen LogP contribution is -2.58. The van der Waals surface area contributed by atoms with Gasteiger partial charge in [-0.25, -0.2) is 4.79 Å². The van der Waals surface area contributed by atoms with Crippen molar-refractivity contribution in [2.75, 3.05) is 6.54 Å². The van der Waals surface area contributed by atoms with Gasteiger partial charge in [-0.15, -0.1) is 10.2 Å². The average molecular weight is 383 g/mol. The molecule has 5 aliphatic rings. The number of halogens is 1. The van der Waals surface area contributed by atoms with Crippen molar-refractivity contribution in [3.63, 3.8) is 0 Å². The van der Waals surface area contributed by atoms with Crippen LogP contribution < -0.4 is 0 Å². The quantitative estimate of drug-likeness (QED) is 0.749. The lowest BCUT2D eigenvalue weighted by Gasteiger charge is -2.62. The summed E-state index contributed by atoms with van der Waals surface area (Å²) in [4.78, 5) is 28.8. The minimum absolute atomic E-state index is 0.0193. The molecule has 8 heteroatoms. The summed E-state index contributed by atoms with van der Waals surface area (Å²) < 4.78 is 0.705. The first kappa shape index (κ1) is 13.4. The third-order valence-corrected chi connectivity index (χ3v) is 7.08. The van der Waals surface area contributed by atoms with Crippen LogP contribution in [0.25, 0.3) is 0 Å². The van der Waals surface area contributed by atoms with Gasteiger partial charge in [0.15, 0.2) is 3.92 Å². The van der Waals surface area contributed by atoms with Crippen LogP contribution in [0, 0.1) is 11.3 Å². The fraction of sp³-hybridized carbons (Fsp3) is 0.714. The highest BCUT2D eigenvalue weighted by atomic mass is 79.9. The summed E-state index contributed by atoms with van der Waals surface area (Å²) in [6.45, 7) is 1.01. The molecule has 1 aromatic heterocycles. The lowest BCUT2D eigenvalue weighted by atomic mass is 9.44. The number of hydrogen-bond donors (Lipinski definition) is 0. The number of imide groups is 1. The minimum Gasteiger partial charge on any atom is -0.303 e. The Kier molecular flexibility index (Phi) is 2.49. The summed E-state index contributed by atoms with van der Waals surface area (Å²) in [7, 11) is 0. The van der Waals surface area contributed by atoms with Crippen molar-refractivity contribution in [3.05, 3.63) is 8.92 Å². The van der Waals surface area contributed by atoms with Crippen LogP contribution in [-0.2, 0) is 11.3 Å². The van der Waals surface area contributed by atoms with Gasteiger partial charge in [-0.3, -0.25) is 9.69 Å². The predicted molar refractivity (Wildman–Crippen MR) is 82.0 cm³/mol. The number of nitrogens with zero attached hydrogens (tertiary/aromatic N) is 4. The molecule has 1 aliphatic heterocycles. The van der Waals surface area contributed by atoms with Crippen LogP contribution in [0.1, 0.15) is 37.1 Å². The Bertz CT molecular complexity index is 684. The van der Waals surface area contributed by atoms with E-state index in [-0.39, 0.29) is 17.4 Å². The number of carbonyl (C=O) groups excluding carboxylic acids is 2. The zero-order valence-electron chi connectivity index (χ0n) is 11.9. The van der Waals surface area contributed by atoms with Crippen LogP contribution >= 0.6 is 27.3 Å². The second kappa shape index (κ2) is 4.08. The molecule has 2 bridgehead atoms. The van der Waals surface area contributed by atoms with Gasteiger partial charge in [0.25, 0.3) is 5.91 Å². The van der Waals surface area contributed by atoms with Gasteiger partial charge in [0, 0.05) is 6.54 Å². The summed E-state index contributed by atoms with van der Waals surface area (Å²) >= 11 is 4.71. The number of rotatable bonds is 4. The van der Waals surface area contributed by atoms with Crippen LogP contribution in [0.4, 0.5) is 4.79 Å². The van der Waals surface area contributed by atoms with Crippen LogP contribution in [0.15, 0.2) is 3.92 Å². The third kappa shape index (κ3) is 1.65. The van der Waals surface area contributed by atoms with E-state index in [2.05, 4.69) is 26.1 Å². The Balaban J connectivity index is 1.40. The van der Waals surface area contributed by atoms with E-state index in [1.165, 1.54) is 35.5 Å². The smallest absolute Gasteiger partial charge is 0.303 e. The second-order valence-corrected chi connectivity index (χ2v) is 9.56. The van der Waals surface area contributed by atoms with Crippen molar-refractivity contribution in [1.82, 2.24) is 20.0 Å². The topological polar surface area (TPSA) is 66.4 Å². The molecule has 6 nitrogen and oxygen atoms in total. The summed E-state index contributed by atoms with van der Waals surface area (Å²) in [5.41, 5.74) is -0.313. The molecular weight excluding hydrogens is 368 g/mol. The van der Waals surface area contributed by atoms with Gasteiger partial charge in [0.1, 0.15) is 10.5 Å². The number of hydrogen-bond acceptors (Lipinski definition) is 5. The molecule has 1 saturated heterocycles. The SMILES string of the molecule is O=C1N(CC23CC(C2)C3)C(=O)C2(CC2)N1Cc1nnc(Br)s1. The van der Waals surface area contributed by atoms with Crippen molar-refractivity contribution < 1.29 is 9.59 Å². The standard InChI is InChI=1S/C14H15BrN4O2S/c15-11-17-16-9(22-11)6-19-12(21)18(10(20)14(19)1-2-14)7-13-3-8(4-13)5-13/h8H,1-7H2. The second-order valence-electron chi connectivity index (χ2n) is 7.22. The first-order chi connectivity index (χ1) is 10.5. The van der Waals surface area contributed by atoms with Crippen molar-refractivity contribution in [2.45, 2.75) is 44.2 Å². The maximum Gasteiger partial charge on any atom is 0.328 e. The van der Waals surface area contributed by atoms with Crippen molar-refractivity contribution in [2.24, 2.45) is 11.3 Å². The maximum atomic E-state index is 12.8. The molecule has 5 fully saturated rings. The molecular formula is C14H15BrN4O2S. The van der Waals surface area contributed by atoms with Gasteiger partial charge in [0.2, 0.25) is 0 Å². The highest BCUT2D eigenvalue weighted by Gasteiger charge is 2.67. The van der Waals surface area contributed by atoms with E-state index in [1.807, 2.05) is 0 Å². The number of amides is 3. The Labute approximate surface area is 140 Å². The largest absolute Gasteiger partial charge is 0.328 e. The summed E-state index contributed by atoms with van der Waals surface area (Å²) in [5, 5.41) is 8.76. The van der Waals surface area contributed by atoms with Gasteiger partial charge < -0.3 is 4.90 Å². The number of urea groups is 1. The molecule has 0 radical (unpaired) electrons. The van der Waals surface area contributed by atoms with Crippen LogP contribution in [0.3, 0.4) is 0 Å². The zero-order chi connectivity index (χ0) is 15.1. The number of aromatic nitrogens is 2. The lowest BCUT2D eigenvalue weighted by molar-refractivity contribution is -0.143. The first-order valence-corrected chi connectivity index (χ1v) is 9.24. The molecule has 6 rings (SSSR count). The average Bonchev–Trinajstić information content (AvgIpc) is 3.06. The van der Waals surface area contributed by atoms with E-state index in [9.17, 15) is 9.59 Å². The molecule has 3 amide bonds. The molecule has 4 aliphatic carbocycles.